The Hall–Kier alpha value is -0.375. The molecule has 0 amide bonds. The molecule has 0 aromatic heterocycles. The molecule has 0 saturated heterocycles. The maximum absolute atomic E-state index is 12.7. The third-order valence-electron chi connectivity index (χ3n) is 1.33. The standard InChI is InChI=1S/C7H6BBrFN/c1-4(3-8)2-5-6(10)7(9)11-5/h2H,3H2,1H3/b4-2+. The van der Waals surface area contributed by atoms with Crippen molar-refractivity contribution >= 4 is 28.4 Å². The van der Waals surface area contributed by atoms with E-state index < -0.39 is 0 Å². The highest BCUT2D eigenvalue weighted by Gasteiger charge is 2.17. The van der Waals surface area contributed by atoms with Crippen molar-refractivity contribution in [2.75, 3.05) is 0 Å². The second-order valence-electron chi connectivity index (χ2n) is 2.30. The van der Waals surface area contributed by atoms with Gasteiger partial charge in [0, 0.05) is 0 Å². The summed E-state index contributed by atoms with van der Waals surface area (Å²) in [5, 5.41) is 0. The first kappa shape index (κ1) is 8.72. The van der Waals surface area contributed by atoms with Gasteiger partial charge in [-0.15, -0.1) is 0 Å². The van der Waals surface area contributed by atoms with E-state index in [1.54, 1.807) is 6.08 Å². The van der Waals surface area contributed by atoms with E-state index in [4.69, 9.17) is 7.85 Å². The van der Waals surface area contributed by atoms with Gasteiger partial charge >= 0.3 is 0 Å². The fourth-order valence-corrected chi connectivity index (χ4v) is 1.04. The van der Waals surface area contributed by atoms with Crippen LogP contribution in [0.4, 0.5) is 4.39 Å². The second-order valence-corrected chi connectivity index (χ2v) is 3.05. The molecule has 1 rings (SSSR count). The largest absolute Gasteiger partial charge is 0.235 e. The maximum atomic E-state index is 12.7. The SMILES string of the molecule is [B]C/C(C)=C/C1=C(F)C(Br)=N1. The Balaban J connectivity index is 2.68. The Morgan fingerprint density at radius 1 is 1.82 bits per heavy atom. The van der Waals surface area contributed by atoms with E-state index in [0.717, 1.165) is 5.57 Å². The summed E-state index contributed by atoms with van der Waals surface area (Å²) in [6, 6.07) is 0. The lowest BCUT2D eigenvalue weighted by atomic mass is 9.97. The van der Waals surface area contributed by atoms with Crippen molar-refractivity contribution in [1.82, 2.24) is 0 Å². The molecule has 0 aromatic rings. The van der Waals surface area contributed by atoms with Crippen LogP contribution in [0.5, 0.6) is 0 Å². The topological polar surface area (TPSA) is 12.4 Å². The molecule has 0 aromatic carbocycles. The fourth-order valence-electron chi connectivity index (χ4n) is 0.645. The average Bonchev–Trinajstić information content (AvgIpc) is 2.03. The van der Waals surface area contributed by atoms with Gasteiger partial charge in [0.2, 0.25) is 0 Å². The summed E-state index contributed by atoms with van der Waals surface area (Å²) in [6.07, 6.45) is 2.07. The minimum absolute atomic E-state index is 0.286. The quantitative estimate of drug-likeness (QED) is 0.626. The first-order valence-electron chi connectivity index (χ1n) is 3.16. The van der Waals surface area contributed by atoms with Crippen LogP contribution in [0.3, 0.4) is 0 Å². The molecule has 0 aliphatic carbocycles. The van der Waals surface area contributed by atoms with Crippen molar-refractivity contribution < 1.29 is 4.39 Å². The number of allylic oxidation sites excluding steroid dienone is 3. The van der Waals surface area contributed by atoms with Gasteiger partial charge in [0.25, 0.3) is 0 Å². The summed E-state index contributed by atoms with van der Waals surface area (Å²) in [4.78, 5) is 3.80. The second kappa shape index (κ2) is 3.35. The van der Waals surface area contributed by atoms with Crippen LogP contribution < -0.4 is 0 Å². The van der Waals surface area contributed by atoms with E-state index in [1.807, 2.05) is 6.92 Å². The lowest BCUT2D eigenvalue weighted by Gasteiger charge is -2.09. The molecule has 0 spiro atoms. The molecule has 0 atom stereocenters. The maximum Gasteiger partial charge on any atom is 0.181 e. The minimum Gasteiger partial charge on any atom is -0.235 e. The van der Waals surface area contributed by atoms with Gasteiger partial charge in [-0.2, -0.15) is 0 Å². The van der Waals surface area contributed by atoms with Crippen molar-refractivity contribution in [3.63, 3.8) is 0 Å². The first-order chi connectivity index (χ1) is 5.15. The zero-order valence-electron chi connectivity index (χ0n) is 6.06. The molecule has 1 nitrogen and oxygen atoms in total. The Morgan fingerprint density at radius 3 is 2.82 bits per heavy atom. The zero-order valence-corrected chi connectivity index (χ0v) is 7.65. The summed E-state index contributed by atoms with van der Waals surface area (Å²) >= 11 is 2.93. The van der Waals surface area contributed by atoms with Gasteiger partial charge < -0.3 is 0 Å². The van der Waals surface area contributed by atoms with Crippen molar-refractivity contribution in [1.29, 1.82) is 0 Å². The number of hydrogen-bond donors (Lipinski definition) is 0. The van der Waals surface area contributed by atoms with Gasteiger partial charge in [-0.25, -0.2) is 9.38 Å². The third kappa shape index (κ3) is 1.80. The van der Waals surface area contributed by atoms with Crippen LogP contribution in [0, 0.1) is 0 Å². The van der Waals surface area contributed by atoms with Gasteiger partial charge in [0.15, 0.2) is 5.83 Å². The molecule has 0 unspecified atom stereocenters. The van der Waals surface area contributed by atoms with E-state index in [1.165, 1.54) is 0 Å². The normalized spacial score (nSPS) is 18.1. The van der Waals surface area contributed by atoms with Gasteiger partial charge in [-0.3, -0.25) is 0 Å². The van der Waals surface area contributed by atoms with E-state index in [2.05, 4.69) is 20.9 Å². The van der Waals surface area contributed by atoms with Crippen molar-refractivity contribution in [3.05, 3.63) is 23.2 Å². The Morgan fingerprint density at radius 2 is 2.45 bits per heavy atom. The molecule has 11 heavy (non-hydrogen) atoms. The van der Waals surface area contributed by atoms with Gasteiger partial charge in [0.05, 0.1) is 7.85 Å². The molecule has 0 fully saturated rings. The summed E-state index contributed by atoms with van der Waals surface area (Å²) < 4.78 is 13.0. The third-order valence-corrected chi connectivity index (χ3v) is 1.86. The van der Waals surface area contributed by atoms with Gasteiger partial charge in [-0.05, 0) is 28.9 Å². The van der Waals surface area contributed by atoms with Crippen molar-refractivity contribution in [2.45, 2.75) is 13.2 Å². The highest BCUT2D eigenvalue weighted by Crippen LogP contribution is 2.26. The number of aliphatic imine (C=N–C) groups is 1. The van der Waals surface area contributed by atoms with E-state index in [-0.39, 0.29) is 10.4 Å². The highest BCUT2D eigenvalue weighted by atomic mass is 79.9. The number of hydrogen-bond acceptors (Lipinski definition) is 1. The molecule has 1 heterocycles. The summed E-state index contributed by atoms with van der Waals surface area (Å²) in [5.74, 6) is -0.294. The van der Waals surface area contributed by atoms with Crippen LogP contribution in [0.15, 0.2) is 28.2 Å². The Labute approximate surface area is 74.6 Å². The molecule has 0 saturated carbocycles. The van der Waals surface area contributed by atoms with Crippen molar-refractivity contribution in [3.8, 4) is 0 Å². The Bertz CT molecular complexity index is 268. The van der Waals surface area contributed by atoms with Crippen molar-refractivity contribution in [2.24, 2.45) is 4.99 Å². The minimum atomic E-state index is -0.294. The lowest BCUT2D eigenvalue weighted by Crippen LogP contribution is -2.02. The predicted octanol–water partition coefficient (Wildman–Crippen LogP) is 2.51. The smallest absolute Gasteiger partial charge is 0.181 e. The number of nitrogens with zero attached hydrogens (tertiary/aromatic N) is 1. The van der Waals surface area contributed by atoms with Crippen LogP contribution >= 0.6 is 15.9 Å². The molecule has 0 N–H and O–H groups in total. The zero-order chi connectivity index (χ0) is 8.43. The molecule has 56 valence electrons. The molecule has 0 bridgehead atoms. The molecule has 4 heteroatoms. The van der Waals surface area contributed by atoms with Crippen LogP contribution in [0.25, 0.3) is 0 Å². The number of rotatable bonds is 2. The van der Waals surface area contributed by atoms with Gasteiger partial charge in [0.1, 0.15) is 10.3 Å². The van der Waals surface area contributed by atoms with Gasteiger partial charge in [-0.1, -0.05) is 11.9 Å². The summed E-state index contributed by atoms with van der Waals surface area (Å²) in [6.45, 7) is 1.84. The summed E-state index contributed by atoms with van der Waals surface area (Å²) in [7, 11) is 5.31. The lowest BCUT2D eigenvalue weighted by molar-refractivity contribution is 0.663. The van der Waals surface area contributed by atoms with E-state index in [0.29, 0.717) is 12.0 Å². The number of halogens is 2. The summed E-state index contributed by atoms with van der Waals surface area (Å²) in [5.41, 5.74) is 1.29. The van der Waals surface area contributed by atoms with Crippen LogP contribution in [-0.4, -0.2) is 12.5 Å². The molecule has 1 aliphatic rings. The first-order valence-corrected chi connectivity index (χ1v) is 3.96. The fraction of sp³-hybridized carbons (Fsp3) is 0.286. The van der Waals surface area contributed by atoms with Crippen LogP contribution in [-0.2, 0) is 0 Å². The molecular weight excluding hydrogens is 208 g/mol. The average molecular weight is 214 g/mol. The van der Waals surface area contributed by atoms with E-state index >= 15 is 0 Å². The van der Waals surface area contributed by atoms with Crippen LogP contribution in [0.2, 0.25) is 6.32 Å². The Kier molecular flexibility index (Phi) is 2.65. The van der Waals surface area contributed by atoms with E-state index in [9.17, 15) is 4.39 Å². The monoisotopic (exact) mass is 213 g/mol. The molecular formula is C7H6BBrFN. The van der Waals surface area contributed by atoms with Crippen LogP contribution in [0.1, 0.15) is 6.92 Å². The molecule has 2 radical (unpaired) electrons. The predicted molar refractivity (Wildman–Crippen MR) is 48.8 cm³/mol. The molecule has 1 aliphatic heterocycles. The highest BCUT2D eigenvalue weighted by molar-refractivity contribution is 9.18.